The molecule has 1 saturated heterocycles. The van der Waals surface area contributed by atoms with Crippen molar-refractivity contribution in [2.24, 2.45) is 5.92 Å². The summed E-state index contributed by atoms with van der Waals surface area (Å²) in [6.07, 6.45) is 2.94. The van der Waals surface area contributed by atoms with Crippen LogP contribution in [0.25, 0.3) is 0 Å². The number of amides is 1. The standard InChI is InChI=1S/C13H18N4O3/c1-2-14-13(18)10-5-8-16(9-6-10)12-11(17(19)20)4-3-7-15-12/h3-4,7,10H,2,5-6,8-9H2,1H3,(H,14,18). The number of nitro groups is 1. The summed E-state index contributed by atoms with van der Waals surface area (Å²) in [5, 5.41) is 13.8. The van der Waals surface area contributed by atoms with Gasteiger partial charge < -0.3 is 10.2 Å². The first-order valence-corrected chi connectivity index (χ1v) is 6.75. The zero-order chi connectivity index (χ0) is 14.5. The highest BCUT2D eigenvalue weighted by Crippen LogP contribution is 2.28. The zero-order valence-electron chi connectivity index (χ0n) is 11.4. The lowest BCUT2D eigenvalue weighted by Gasteiger charge is -2.31. The average Bonchev–Trinajstić information content (AvgIpc) is 2.47. The number of piperidine rings is 1. The quantitative estimate of drug-likeness (QED) is 0.663. The van der Waals surface area contributed by atoms with Gasteiger partial charge in [0.2, 0.25) is 11.7 Å². The minimum Gasteiger partial charge on any atom is -0.356 e. The number of hydrogen-bond donors (Lipinski definition) is 1. The summed E-state index contributed by atoms with van der Waals surface area (Å²) >= 11 is 0. The molecule has 1 aliphatic heterocycles. The monoisotopic (exact) mass is 278 g/mol. The number of pyridine rings is 1. The summed E-state index contributed by atoms with van der Waals surface area (Å²) < 4.78 is 0. The van der Waals surface area contributed by atoms with Crippen molar-refractivity contribution in [3.8, 4) is 0 Å². The number of hydrogen-bond acceptors (Lipinski definition) is 5. The fourth-order valence-electron chi connectivity index (χ4n) is 2.45. The van der Waals surface area contributed by atoms with Crippen molar-refractivity contribution in [1.29, 1.82) is 0 Å². The van der Waals surface area contributed by atoms with Gasteiger partial charge >= 0.3 is 5.69 Å². The summed E-state index contributed by atoms with van der Waals surface area (Å²) in [5.74, 6) is 0.462. The Hall–Kier alpha value is -2.18. The zero-order valence-corrected chi connectivity index (χ0v) is 11.4. The molecule has 1 N–H and O–H groups in total. The van der Waals surface area contributed by atoms with E-state index in [1.165, 1.54) is 6.07 Å². The van der Waals surface area contributed by atoms with Gasteiger partial charge in [0.05, 0.1) is 4.92 Å². The summed E-state index contributed by atoms with van der Waals surface area (Å²) in [6, 6.07) is 3.02. The van der Waals surface area contributed by atoms with Gasteiger partial charge in [-0.3, -0.25) is 14.9 Å². The van der Waals surface area contributed by atoms with Crippen molar-refractivity contribution in [3.05, 3.63) is 28.4 Å². The molecule has 0 atom stereocenters. The molecule has 2 rings (SSSR count). The van der Waals surface area contributed by atoms with Gasteiger partial charge in [-0.05, 0) is 25.8 Å². The highest BCUT2D eigenvalue weighted by molar-refractivity contribution is 5.79. The molecule has 0 bridgehead atoms. The maximum absolute atomic E-state index is 11.8. The molecule has 20 heavy (non-hydrogen) atoms. The number of nitrogens with zero attached hydrogens (tertiary/aromatic N) is 3. The molecule has 1 amide bonds. The van der Waals surface area contributed by atoms with Gasteiger partial charge in [0, 0.05) is 37.8 Å². The number of anilines is 1. The van der Waals surface area contributed by atoms with Crippen molar-refractivity contribution in [1.82, 2.24) is 10.3 Å². The fourth-order valence-corrected chi connectivity index (χ4v) is 2.45. The molecule has 0 radical (unpaired) electrons. The first-order valence-electron chi connectivity index (χ1n) is 6.75. The molecule has 7 heteroatoms. The molecule has 1 aliphatic rings. The van der Waals surface area contributed by atoms with Gasteiger partial charge in [0.1, 0.15) is 0 Å². The van der Waals surface area contributed by atoms with Crippen molar-refractivity contribution >= 4 is 17.4 Å². The van der Waals surface area contributed by atoms with Gasteiger partial charge in [-0.15, -0.1) is 0 Å². The predicted octanol–water partition coefficient (Wildman–Crippen LogP) is 1.34. The molecular weight excluding hydrogens is 260 g/mol. The van der Waals surface area contributed by atoms with E-state index in [0.29, 0.717) is 38.3 Å². The van der Waals surface area contributed by atoms with Gasteiger partial charge in [0.25, 0.3) is 0 Å². The van der Waals surface area contributed by atoms with Crippen LogP contribution < -0.4 is 10.2 Å². The van der Waals surface area contributed by atoms with Crippen LogP contribution in [0.15, 0.2) is 18.3 Å². The third-order valence-electron chi connectivity index (χ3n) is 3.48. The number of carbonyl (C=O) groups is 1. The summed E-state index contributed by atoms with van der Waals surface area (Å²) in [5.41, 5.74) is 0.0176. The Morgan fingerprint density at radius 1 is 1.55 bits per heavy atom. The van der Waals surface area contributed by atoms with Crippen molar-refractivity contribution in [3.63, 3.8) is 0 Å². The van der Waals surface area contributed by atoms with E-state index in [4.69, 9.17) is 0 Å². The molecule has 1 fully saturated rings. The van der Waals surface area contributed by atoms with E-state index in [0.717, 1.165) is 0 Å². The number of aromatic nitrogens is 1. The Morgan fingerprint density at radius 3 is 2.85 bits per heavy atom. The van der Waals surface area contributed by atoms with Crippen molar-refractivity contribution in [2.75, 3.05) is 24.5 Å². The molecule has 1 aromatic rings. The van der Waals surface area contributed by atoms with E-state index in [2.05, 4.69) is 10.3 Å². The van der Waals surface area contributed by atoms with Crippen molar-refractivity contribution < 1.29 is 9.72 Å². The third kappa shape index (κ3) is 3.04. The van der Waals surface area contributed by atoms with Crippen LogP contribution in [-0.2, 0) is 4.79 Å². The van der Waals surface area contributed by atoms with E-state index < -0.39 is 4.92 Å². The summed E-state index contributed by atoms with van der Waals surface area (Å²) in [7, 11) is 0. The minimum absolute atomic E-state index is 0.00558. The Labute approximate surface area is 117 Å². The van der Waals surface area contributed by atoms with Gasteiger partial charge in [-0.2, -0.15) is 0 Å². The highest BCUT2D eigenvalue weighted by Gasteiger charge is 2.28. The Morgan fingerprint density at radius 2 is 2.25 bits per heavy atom. The second kappa shape index (κ2) is 6.31. The molecule has 7 nitrogen and oxygen atoms in total. The van der Waals surface area contributed by atoms with E-state index in [-0.39, 0.29) is 17.5 Å². The normalized spacial score (nSPS) is 15.9. The molecule has 108 valence electrons. The predicted molar refractivity (Wildman–Crippen MR) is 74.5 cm³/mol. The van der Waals surface area contributed by atoms with Crippen molar-refractivity contribution in [2.45, 2.75) is 19.8 Å². The van der Waals surface area contributed by atoms with Gasteiger partial charge in [-0.25, -0.2) is 4.98 Å². The molecule has 2 heterocycles. The Balaban J connectivity index is 2.04. The minimum atomic E-state index is -0.418. The van der Waals surface area contributed by atoms with Crippen LogP contribution in [0.2, 0.25) is 0 Å². The molecule has 0 aliphatic carbocycles. The molecule has 0 saturated carbocycles. The first-order chi connectivity index (χ1) is 9.63. The van der Waals surface area contributed by atoms with E-state index in [1.807, 2.05) is 11.8 Å². The second-order valence-corrected chi connectivity index (χ2v) is 4.76. The topological polar surface area (TPSA) is 88.4 Å². The van der Waals surface area contributed by atoms with Crippen LogP contribution in [-0.4, -0.2) is 35.4 Å². The molecular formula is C13H18N4O3. The highest BCUT2D eigenvalue weighted by atomic mass is 16.6. The summed E-state index contributed by atoms with van der Waals surface area (Å²) in [4.78, 5) is 28.3. The lowest BCUT2D eigenvalue weighted by molar-refractivity contribution is -0.384. The van der Waals surface area contributed by atoms with E-state index in [1.54, 1.807) is 12.3 Å². The van der Waals surface area contributed by atoms with E-state index in [9.17, 15) is 14.9 Å². The SMILES string of the molecule is CCNC(=O)C1CCN(c2ncccc2[N+](=O)[O-])CC1. The summed E-state index contributed by atoms with van der Waals surface area (Å²) in [6.45, 7) is 3.74. The van der Waals surface area contributed by atoms with Gasteiger partial charge in [-0.1, -0.05) is 0 Å². The Kier molecular flexibility index (Phi) is 4.49. The second-order valence-electron chi connectivity index (χ2n) is 4.76. The van der Waals surface area contributed by atoms with Crippen LogP contribution in [0.1, 0.15) is 19.8 Å². The van der Waals surface area contributed by atoms with Gasteiger partial charge in [0.15, 0.2) is 0 Å². The first kappa shape index (κ1) is 14.2. The van der Waals surface area contributed by atoms with Crippen LogP contribution in [0.4, 0.5) is 11.5 Å². The Bertz CT molecular complexity index is 498. The number of nitrogens with one attached hydrogen (secondary N) is 1. The fraction of sp³-hybridized carbons (Fsp3) is 0.538. The maximum Gasteiger partial charge on any atom is 0.311 e. The smallest absolute Gasteiger partial charge is 0.311 e. The van der Waals surface area contributed by atoms with Crippen LogP contribution in [0.3, 0.4) is 0 Å². The average molecular weight is 278 g/mol. The number of rotatable bonds is 4. The largest absolute Gasteiger partial charge is 0.356 e. The van der Waals surface area contributed by atoms with Crippen LogP contribution in [0, 0.1) is 16.0 Å². The molecule has 1 aromatic heterocycles. The molecule has 0 unspecified atom stereocenters. The third-order valence-corrected chi connectivity index (χ3v) is 3.48. The molecule has 0 aromatic carbocycles. The van der Waals surface area contributed by atoms with E-state index >= 15 is 0 Å². The van der Waals surface area contributed by atoms with Crippen LogP contribution >= 0.6 is 0 Å². The molecule has 0 spiro atoms. The lowest BCUT2D eigenvalue weighted by atomic mass is 9.96. The lowest BCUT2D eigenvalue weighted by Crippen LogP contribution is -2.41. The maximum atomic E-state index is 11.8. The number of carbonyl (C=O) groups excluding carboxylic acids is 1. The van der Waals surface area contributed by atoms with Crippen LogP contribution in [0.5, 0.6) is 0 Å².